The molecular weight excluding hydrogens is 422 g/mol. The minimum Gasteiger partial charge on any atom is -0.463 e. The number of amides is 2. The Kier molecular flexibility index (Phi) is 7.09. The van der Waals surface area contributed by atoms with Crippen LogP contribution in [-0.2, 0) is 29.0 Å². The summed E-state index contributed by atoms with van der Waals surface area (Å²) in [5.41, 5.74) is 0.879. The fourth-order valence-corrected chi connectivity index (χ4v) is 5.34. The number of carbonyl (C=O) groups excluding carboxylic acids is 3. The van der Waals surface area contributed by atoms with Crippen LogP contribution in [0.1, 0.15) is 51.1 Å². The monoisotopic (exact) mass is 449 g/mol. The van der Waals surface area contributed by atoms with Gasteiger partial charge in [0.25, 0.3) is 5.91 Å². The molecule has 2 amide bonds. The molecule has 3 rings (SSSR count). The fourth-order valence-electron chi connectivity index (χ4n) is 3.64. The number of ether oxygens (including phenoxy) is 1. The Hall–Kier alpha value is -2.75. The zero-order valence-corrected chi connectivity index (χ0v) is 18.4. The predicted molar refractivity (Wildman–Crippen MR) is 114 cm³/mol. The van der Waals surface area contributed by atoms with E-state index in [-0.39, 0.29) is 48.5 Å². The van der Waals surface area contributed by atoms with Crippen molar-refractivity contribution in [3.8, 4) is 0 Å². The average molecular weight is 450 g/mol. The zero-order chi connectivity index (χ0) is 22.6. The third kappa shape index (κ3) is 6.13. The highest BCUT2D eigenvalue weighted by molar-refractivity contribution is 7.91. The lowest BCUT2D eigenvalue weighted by atomic mass is 10.0. The Morgan fingerprint density at radius 3 is 2.55 bits per heavy atom. The van der Waals surface area contributed by atoms with Gasteiger partial charge in [-0.3, -0.25) is 14.4 Å². The van der Waals surface area contributed by atoms with Gasteiger partial charge in [-0.25, -0.2) is 13.4 Å². The van der Waals surface area contributed by atoms with Crippen LogP contribution >= 0.6 is 0 Å². The molecule has 1 N–H and O–H groups in total. The Bertz CT molecular complexity index is 974. The van der Waals surface area contributed by atoms with Crippen LogP contribution in [-0.4, -0.2) is 60.6 Å². The van der Waals surface area contributed by atoms with Gasteiger partial charge in [0.15, 0.2) is 9.84 Å². The summed E-state index contributed by atoms with van der Waals surface area (Å²) in [6.07, 6.45) is 0.210. The second-order valence-corrected chi connectivity index (χ2v) is 10.3. The van der Waals surface area contributed by atoms with Crippen LogP contribution < -0.4 is 5.32 Å². The van der Waals surface area contributed by atoms with Gasteiger partial charge >= 0.3 is 5.97 Å². The number of carbonyl (C=O) groups is 3. The van der Waals surface area contributed by atoms with E-state index < -0.39 is 33.8 Å². The van der Waals surface area contributed by atoms with Crippen molar-refractivity contribution in [2.45, 2.75) is 57.7 Å². The molecule has 1 aromatic rings. The maximum absolute atomic E-state index is 12.9. The molecule has 1 saturated heterocycles. The maximum atomic E-state index is 12.9. The van der Waals surface area contributed by atoms with Crippen molar-refractivity contribution in [3.63, 3.8) is 0 Å². The van der Waals surface area contributed by atoms with Gasteiger partial charge in [0.05, 0.1) is 36.1 Å². The summed E-state index contributed by atoms with van der Waals surface area (Å²) in [6, 6.07) is 7.87. The van der Waals surface area contributed by atoms with Crippen LogP contribution in [0.4, 0.5) is 0 Å². The van der Waals surface area contributed by atoms with Crippen LogP contribution in [0.3, 0.4) is 0 Å². The normalized spacial score (nSPS) is 21.5. The minimum absolute atomic E-state index is 0.00649. The van der Waals surface area contributed by atoms with Crippen molar-refractivity contribution in [2.75, 3.05) is 11.5 Å². The molecule has 2 aliphatic heterocycles. The number of rotatable bonds is 7. The van der Waals surface area contributed by atoms with Crippen LogP contribution in [0.5, 0.6) is 0 Å². The molecule has 2 atom stereocenters. The van der Waals surface area contributed by atoms with Crippen LogP contribution in [0, 0.1) is 0 Å². The molecular formula is C21H27N3O6S. The van der Waals surface area contributed by atoms with Gasteiger partial charge in [0, 0.05) is 12.8 Å². The lowest BCUT2D eigenvalue weighted by molar-refractivity contribution is -0.148. The summed E-state index contributed by atoms with van der Waals surface area (Å²) in [7, 11) is -3.20. The summed E-state index contributed by atoms with van der Waals surface area (Å²) < 4.78 is 28.8. The van der Waals surface area contributed by atoms with Crippen LogP contribution in [0.15, 0.2) is 35.4 Å². The van der Waals surface area contributed by atoms with Gasteiger partial charge in [-0.05, 0) is 25.8 Å². The molecule has 1 aromatic carbocycles. The van der Waals surface area contributed by atoms with Gasteiger partial charge in [-0.15, -0.1) is 0 Å². The number of hydrogen-bond acceptors (Lipinski definition) is 7. The summed E-state index contributed by atoms with van der Waals surface area (Å²) in [6.45, 7) is 3.50. The molecule has 31 heavy (non-hydrogen) atoms. The van der Waals surface area contributed by atoms with E-state index in [9.17, 15) is 22.8 Å². The number of nitrogens with zero attached hydrogens (tertiary/aromatic N) is 2. The number of nitrogens with one attached hydrogen (secondary N) is 1. The molecule has 0 aromatic heterocycles. The smallest absolute Gasteiger partial charge is 0.308 e. The Labute approximate surface area is 181 Å². The second kappa shape index (κ2) is 9.59. The van der Waals surface area contributed by atoms with Crippen LogP contribution in [0.2, 0.25) is 0 Å². The first kappa shape index (κ1) is 22.9. The standard InChI is InChI=1S/C21H27N3O6S/c1-14(2)30-20(26)12-18(15-6-4-3-5-7-15)22-21(27)17-8-9-19(25)24(23-17)16-10-11-31(28,29)13-16/h3-7,14,16,18H,8-13H2,1-2H3,(H,22,27). The summed E-state index contributed by atoms with van der Waals surface area (Å²) in [4.78, 5) is 37.4. The molecule has 2 heterocycles. The number of hydrogen-bond donors (Lipinski definition) is 1. The van der Waals surface area contributed by atoms with E-state index in [1.165, 1.54) is 0 Å². The summed E-state index contributed by atoms with van der Waals surface area (Å²) >= 11 is 0. The molecule has 0 bridgehead atoms. The Morgan fingerprint density at radius 1 is 1.23 bits per heavy atom. The molecule has 10 heteroatoms. The molecule has 0 saturated carbocycles. The first-order valence-electron chi connectivity index (χ1n) is 10.3. The molecule has 9 nitrogen and oxygen atoms in total. The number of benzene rings is 1. The van der Waals surface area contributed by atoms with Gasteiger partial charge < -0.3 is 10.1 Å². The van der Waals surface area contributed by atoms with Gasteiger partial charge in [-0.1, -0.05) is 30.3 Å². The Morgan fingerprint density at radius 2 is 1.94 bits per heavy atom. The molecule has 1 fully saturated rings. The highest BCUT2D eigenvalue weighted by Gasteiger charge is 2.37. The SMILES string of the molecule is CC(C)OC(=O)CC(NC(=O)C1=NN(C2CCS(=O)(=O)C2)C(=O)CC1)c1ccccc1. The molecule has 2 unspecified atom stereocenters. The van der Waals surface area contributed by atoms with Crippen molar-refractivity contribution in [1.29, 1.82) is 0 Å². The lowest BCUT2D eigenvalue weighted by Gasteiger charge is -2.28. The van der Waals surface area contributed by atoms with E-state index in [0.29, 0.717) is 6.42 Å². The summed E-state index contributed by atoms with van der Waals surface area (Å²) in [5.74, 6) is -1.37. The first-order chi connectivity index (χ1) is 14.6. The highest BCUT2D eigenvalue weighted by Crippen LogP contribution is 2.23. The van der Waals surface area contributed by atoms with Crippen LogP contribution in [0.25, 0.3) is 0 Å². The van der Waals surface area contributed by atoms with Gasteiger partial charge in [0.2, 0.25) is 5.91 Å². The van der Waals surface area contributed by atoms with Crippen molar-refractivity contribution < 1.29 is 27.5 Å². The first-order valence-corrected chi connectivity index (χ1v) is 12.1. The predicted octanol–water partition coefficient (Wildman–Crippen LogP) is 1.35. The Balaban J connectivity index is 1.76. The number of sulfone groups is 1. The summed E-state index contributed by atoms with van der Waals surface area (Å²) in [5, 5.41) is 8.16. The van der Waals surface area contributed by atoms with Crippen molar-refractivity contribution in [2.24, 2.45) is 5.10 Å². The zero-order valence-electron chi connectivity index (χ0n) is 17.6. The van der Waals surface area contributed by atoms with E-state index in [0.717, 1.165) is 10.6 Å². The lowest BCUT2D eigenvalue weighted by Crippen LogP contribution is -2.44. The maximum Gasteiger partial charge on any atom is 0.308 e. The molecule has 0 radical (unpaired) electrons. The quantitative estimate of drug-likeness (QED) is 0.627. The molecule has 168 valence electrons. The fraction of sp³-hybridized carbons (Fsp3) is 0.524. The molecule has 0 aliphatic carbocycles. The third-order valence-electron chi connectivity index (χ3n) is 5.12. The van der Waals surface area contributed by atoms with Gasteiger partial charge in [0.1, 0.15) is 5.71 Å². The number of hydrazone groups is 1. The second-order valence-electron chi connectivity index (χ2n) is 8.02. The van der Waals surface area contributed by atoms with E-state index in [1.807, 2.05) is 6.07 Å². The van der Waals surface area contributed by atoms with Crippen molar-refractivity contribution in [3.05, 3.63) is 35.9 Å². The van der Waals surface area contributed by atoms with E-state index in [4.69, 9.17) is 4.74 Å². The average Bonchev–Trinajstić information content (AvgIpc) is 3.07. The van der Waals surface area contributed by atoms with E-state index >= 15 is 0 Å². The highest BCUT2D eigenvalue weighted by atomic mass is 32.2. The topological polar surface area (TPSA) is 122 Å². The molecule has 0 spiro atoms. The van der Waals surface area contributed by atoms with E-state index in [1.54, 1.807) is 38.1 Å². The van der Waals surface area contributed by atoms with Gasteiger partial charge in [-0.2, -0.15) is 5.10 Å². The number of esters is 1. The van der Waals surface area contributed by atoms with E-state index in [2.05, 4.69) is 10.4 Å². The minimum atomic E-state index is -3.20. The third-order valence-corrected chi connectivity index (χ3v) is 6.87. The van der Waals surface area contributed by atoms with Crippen molar-refractivity contribution in [1.82, 2.24) is 10.3 Å². The largest absolute Gasteiger partial charge is 0.463 e. The molecule has 2 aliphatic rings. The van der Waals surface area contributed by atoms with Crippen molar-refractivity contribution >= 4 is 33.3 Å².